The van der Waals surface area contributed by atoms with Gasteiger partial charge in [0, 0.05) is 6.42 Å². The topological polar surface area (TPSA) is 52.3 Å². The molecule has 0 atom stereocenters. The quantitative estimate of drug-likeness (QED) is 0.409. The molecule has 3 nitrogen and oxygen atoms in total. The summed E-state index contributed by atoms with van der Waals surface area (Å²) in [5.41, 5.74) is 4.76. The van der Waals surface area contributed by atoms with Gasteiger partial charge in [-0.25, -0.2) is 0 Å². The SMILES string of the molecule is C#CCCOCC(N)=O. The second-order valence-corrected chi connectivity index (χ2v) is 1.47. The van der Waals surface area contributed by atoms with E-state index in [-0.39, 0.29) is 6.61 Å². The molecule has 0 aromatic carbocycles. The Morgan fingerprint density at radius 1 is 1.78 bits per heavy atom. The van der Waals surface area contributed by atoms with E-state index < -0.39 is 5.91 Å². The van der Waals surface area contributed by atoms with Gasteiger partial charge in [-0.2, -0.15) is 0 Å². The molecule has 50 valence electrons. The van der Waals surface area contributed by atoms with E-state index in [4.69, 9.17) is 16.9 Å². The summed E-state index contributed by atoms with van der Waals surface area (Å²) in [5, 5.41) is 0. The maximum absolute atomic E-state index is 10.0. The van der Waals surface area contributed by atoms with Gasteiger partial charge in [-0.05, 0) is 0 Å². The summed E-state index contributed by atoms with van der Waals surface area (Å²) in [7, 11) is 0. The van der Waals surface area contributed by atoms with E-state index in [9.17, 15) is 4.79 Å². The van der Waals surface area contributed by atoms with Crippen LogP contribution in [0.3, 0.4) is 0 Å². The fraction of sp³-hybridized carbons (Fsp3) is 0.500. The maximum Gasteiger partial charge on any atom is 0.243 e. The largest absolute Gasteiger partial charge is 0.371 e. The normalized spacial score (nSPS) is 8.33. The molecule has 0 aromatic rings. The molecule has 0 radical (unpaired) electrons. The molecule has 0 saturated carbocycles. The molecule has 0 bridgehead atoms. The van der Waals surface area contributed by atoms with Gasteiger partial charge < -0.3 is 10.5 Å². The summed E-state index contributed by atoms with van der Waals surface area (Å²) < 4.78 is 4.72. The third-order valence-electron chi connectivity index (χ3n) is 0.635. The summed E-state index contributed by atoms with van der Waals surface area (Å²) in [6.45, 7) is 0.362. The monoisotopic (exact) mass is 127 g/mol. The first kappa shape index (κ1) is 7.99. The highest BCUT2D eigenvalue weighted by molar-refractivity contribution is 5.74. The minimum absolute atomic E-state index is 0.0400. The molecule has 2 N–H and O–H groups in total. The number of hydrogen-bond donors (Lipinski definition) is 1. The Balaban J connectivity index is 2.94. The minimum atomic E-state index is -0.466. The molecule has 0 aromatic heterocycles. The highest BCUT2D eigenvalue weighted by atomic mass is 16.5. The third kappa shape index (κ3) is 6.99. The molecule has 0 aliphatic carbocycles. The molecular weight excluding hydrogens is 118 g/mol. The Labute approximate surface area is 54.2 Å². The zero-order chi connectivity index (χ0) is 7.11. The predicted molar refractivity (Wildman–Crippen MR) is 33.5 cm³/mol. The number of carbonyl (C=O) groups is 1. The van der Waals surface area contributed by atoms with Gasteiger partial charge in [0.15, 0.2) is 0 Å². The second-order valence-electron chi connectivity index (χ2n) is 1.47. The standard InChI is InChI=1S/C6H9NO2/c1-2-3-4-9-5-6(7)8/h1H,3-5H2,(H2,7,8). The molecular formula is C6H9NO2. The summed E-state index contributed by atoms with van der Waals surface area (Å²) in [6, 6.07) is 0. The lowest BCUT2D eigenvalue weighted by atomic mass is 10.5. The Morgan fingerprint density at radius 3 is 2.89 bits per heavy atom. The van der Waals surface area contributed by atoms with Gasteiger partial charge in [-0.15, -0.1) is 12.3 Å². The van der Waals surface area contributed by atoms with E-state index in [0.717, 1.165) is 0 Å². The van der Waals surface area contributed by atoms with Gasteiger partial charge in [-0.1, -0.05) is 0 Å². The van der Waals surface area contributed by atoms with Crippen LogP contribution in [0.2, 0.25) is 0 Å². The smallest absolute Gasteiger partial charge is 0.243 e. The lowest BCUT2D eigenvalue weighted by Crippen LogP contribution is -2.18. The van der Waals surface area contributed by atoms with Crippen LogP contribution in [0.15, 0.2) is 0 Å². The van der Waals surface area contributed by atoms with Gasteiger partial charge in [0.05, 0.1) is 6.61 Å². The summed E-state index contributed by atoms with van der Waals surface area (Å²) >= 11 is 0. The van der Waals surface area contributed by atoms with E-state index in [1.165, 1.54) is 0 Å². The number of hydrogen-bond acceptors (Lipinski definition) is 2. The highest BCUT2D eigenvalue weighted by Gasteiger charge is 1.90. The minimum Gasteiger partial charge on any atom is -0.371 e. The average molecular weight is 127 g/mol. The summed E-state index contributed by atoms with van der Waals surface area (Å²) in [6.07, 6.45) is 5.42. The van der Waals surface area contributed by atoms with Gasteiger partial charge in [0.1, 0.15) is 6.61 Å². The maximum atomic E-state index is 10.0. The molecule has 0 saturated heterocycles. The van der Waals surface area contributed by atoms with E-state index in [0.29, 0.717) is 13.0 Å². The molecule has 0 aliphatic rings. The number of terminal acetylenes is 1. The summed E-state index contributed by atoms with van der Waals surface area (Å²) in [4.78, 5) is 10.0. The number of rotatable bonds is 4. The van der Waals surface area contributed by atoms with Crippen molar-refractivity contribution in [3.05, 3.63) is 0 Å². The number of carbonyl (C=O) groups excluding carboxylic acids is 1. The van der Waals surface area contributed by atoms with Crippen LogP contribution >= 0.6 is 0 Å². The van der Waals surface area contributed by atoms with Crippen LogP contribution < -0.4 is 5.73 Å². The van der Waals surface area contributed by atoms with Crippen molar-refractivity contribution in [2.24, 2.45) is 5.73 Å². The van der Waals surface area contributed by atoms with Crippen LogP contribution in [0.4, 0.5) is 0 Å². The van der Waals surface area contributed by atoms with Crippen LogP contribution in [0.1, 0.15) is 6.42 Å². The molecule has 3 heteroatoms. The van der Waals surface area contributed by atoms with E-state index in [1.807, 2.05) is 0 Å². The van der Waals surface area contributed by atoms with E-state index >= 15 is 0 Å². The number of amides is 1. The number of ether oxygens (including phenoxy) is 1. The van der Waals surface area contributed by atoms with Crippen LogP contribution in [0.5, 0.6) is 0 Å². The lowest BCUT2D eigenvalue weighted by Gasteiger charge is -1.94. The molecule has 0 spiro atoms. The molecule has 9 heavy (non-hydrogen) atoms. The predicted octanol–water partition coefficient (Wildman–Crippen LogP) is -0.488. The molecule has 0 rings (SSSR count). The van der Waals surface area contributed by atoms with E-state index in [1.54, 1.807) is 0 Å². The fourth-order valence-corrected chi connectivity index (χ4v) is 0.304. The number of nitrogens with two attached hydrogens (primary N) is 1. The van der Waals surface area contributed by atoms with Crippen molar-refractivity contribution >= 4 is 5.91 Å². The zero-order valence-corrected chi connectivity index (χ0v) is 5.09. The third-order valence-corrected chi connectivity index (χ3v) is 0.635. The Kier molecular flexibility index (Phi) is 4.56. The fourth-order valence-electron chi connectivity index (χ4n) is 0.304. The zero-order valence-electron chi connectivity index (χ0n) is 5.09. The van der Waals surface area contributed by atoms with Crippen LogP contribution in [0.25, 0.3) is 0 Å². The molecule has 0 fully saturated rings. The van der Waals surface area contributed by atoms with Crippen molar-refractivity contribution in [1.82, 2.24) is 0 Å². The Bertz CT molecular complexity index is 126. The lowest BCUT2D eigenvalue weighted by molar-refractivity contribution is -0.122. The van der Waals surface area contributed by atoms with Crippen LogP contribution in [-0.2, 0) is 9.53 Å². The molecule has 0 heterocycles. The first-order valence-electron chi connectivity index (χ1n) is 2.57. The van der Waals surface area contributed by atoms with Crippen LogP contribution in [-0.4, -0.2) is 19.1 Å². The number of primary amides is 1. The van der Waals surface area contributed by atoms with E-state index in [2.05, 4.69) is 5.92 Å². The van der Waals surface area contributed by atoms with Gasteiger partial charge >= 0.3 is 0 Å². The van der Waals surface area contributed by atoms with Crippen molar-refractivity contribution in [2.45, 2.75) is 6.42 Å². The first-order valence-corrected chi connectivity index (χ1v) is 2.57. The molecule has 0 unspecified atom stereocenters. The highest BCUT2D eigenvalue weighted by Crippen LogP contribution is 1.77. The van der Waals surface area contributed by atoms with Crippen molar-refractivity contribution in [3.63, 3.8) is 0 Å². The van der Waals surface area contributed by atoms with Crippen molar-refractivity contribution in [3.8, 4) is 12.3 Å². The van der Waals surface area contributed by atoms with Gasteiger partial charge in [0.25, 0.3) is 0 Å². The summed E-state index contributed by atoms with van der Waals surface area (Å²) in [5.74, 6) is 1.90. The average Bonchev–Trinajstić information content (AvgIpc) is 1.80. The van der Waals surface area contributed by atoms with Gasteiger partial charge in [0.2, 0.25) is 5.91 Å². The first-order chi connectivity index (χ1) is 4.27. The van der Waals surface area contributed by atoms with Crippen molar-refractivity contribution in [2.75, 3.05) is 13.2 Å². The van der Waals surface area contributed by atoms with Crippen molar-refractivity contribution < 1.29 is 9.53 Å². The molecule has 1 amide bonds. The second kappa shape index (κ2) is 5.13. The molecule has 0 aliphatic heterocycles. The van der Waals surface area contributed by atoms with Crippen LogP contribution in [0, 0.1) is 12.3 Å². The Hall–Kier alpha value is -1.01. The Morgan fingerprint density at radius 2 is 2.44 bits per heavy atom. The van der Waals surface area contributed by atoms with Crippen molar-refractivity contribution in [1.29, 1.82) is 0 Å². The van der Waals surface area contributed by atoms with Gasteiger partial charge in [-0.3, -0.25) is 4.79 Å².